The summed E-state index contributed by atoms with van der Waals surface area (Å²) in [5.41, 5.74) is -0.322. The van der Waals surface area contributed by atoms with Gasteiger partial charge in [-0.1, -0.05) is 0 Å². The molecular formula is C11H23ClN4O3S. The van der Waals surface area contributed by atoms with E-state index >= 15 is 0 Å². The van der Waals surface area contributed by atoms with Crippen LogP contribution >= 0.6 is 12.4 Å². The highest BCUT2D eigenvalue weighted by molar-refractivity contribution is 7.87. The number of hydrogen-bond donors (Lipinski definition) is 2. The van der Waals surface area contributed by atoms with Crippen LogP contribution in [0.4, 0.5) is 0 Å². The van der Waals surface area contributed by atoms with Crippen molar-refractivity contribution < 1.29 is 13.2 Å². The molecule has 9 heteroatoms. The minimum Gasteiger partial charge on any atom is -0.383 e. The van der Waals surface area contributed by atoms with Crippen molar-refractivity contribution in [1.29, 1.82) is 5.26 Å². The van der Waals surface area contributed by atoms with Crippen molar-refractivity contribution >= 4 is 22.6 Å². The van der Waals surface area contributed by atoms with Crippen LogP contribution in [0.15, 0.2) is 0 Å². The number of halogens is 1. The molecule has 1 fully saturated rings. The van der Waals surface area contributed by atoms with Crippen molar-refractivity contribution in [3.05, 3.63) is 0 Å². The third-order valence-electron chi connectivity index (χ3n) is 3.29. The zero-order chi connectivity index (χ0) is 14.4. The Morgan fingerprint density at radius 3 is 2.75 bits per heavy atom. The summed E-state index contributed by atoms with van der Waals surface area (Å²) in [6.07, 6.45) is 2.07. The fourth-order valence-corrected chi connectivity index (χ4v) is 3.15. The molecule has 1 aliphatic rings. The van der Waals surface area contributed by atoms with Crippen LogP contribution in [0.3, 0.4) is 0 Å². The van der Waals surface area contributed by atoms with Gasteiger partial charge in [0.05, 0.1) is 18.2 Å². The second-order valence-corrected chi connectivity index (χ2v) is 6.66. The van der Waals surface area contributed by atoms with Crippen molar-refractivity contribution in [3.8, 4) is 6.07 Å². The summed E-state index contributed by atoms with van der Waals surface area (Å²) < 4.78 is 32.9. The number of rotatable bonds is 8. The molecule has 0 aromatic rings. The first-order chi connectivity index (χ1) is 8.96. The van der Waals surface area contributed by atoms with Gasteiger partial charge < -0.3 is 10.1 Å². The summed E-state index contributed by atoms with van der Waals surface area (Å²) >= 11 is 0. The average molecular weight is 327 g/mol. The smallest absolute Gasteiger partial charge is 0.279 e. The summed E-state index contributed by atoms with van der Waals surface area (Å²) in [6, 6.07) is 1.93. The van der Waals surface area contributed by atoms with Crippen molar-refractivity contribution in [2.75, 3.05) is 40.4 Å². The Morgan fingerprint density at radius 1 is 1.55 bits per heavy atom. The van der Waals surface area contributed by atoms with Gasteiger partial charge in [0.1, 0.15) is 0 Å². The normalized spacial score (nSPS) is 22.5. The van der Waals surface area contributed by atoms with E-state index in [2.05, 4.69) is 10.0 Å². The first-order valence-electron chi connectivity index (χ1n) is 6.28. The molecule has 0 radical (unpaired) electrons. The summed E-state index contributed by atoms with van der Waals surface area (Å²) in [5.74, 6) is 0. The summed E-state index contributed by atoms with van der Waals surface area (Å²) in [6.45, 7) is 1.82. The summed E-state index contributed by atoms with van der Waals surface area (Å²) in [7, 11) is -0.470. The maximum Gasteiger partial charge on any atom is 0.279 e. The van der Waals surface area contributed by atoms with E-state index in [-0.39, 0.29) is 30.9 Å². The van der Waals surface area contributed by atoms with E-state index in [0.717, 1.165) is 23.7 Å². The van der Waals surface area contributed by atoms with E-state index in [9.17, 15) is 8.42 Å². The molecule has 1 saturated heterocycles. The van der Waals surface area contributed by atoms with Gasteiger partial charge in [-0.05, 0) is 19.4 Å². The van der Waals surface area contributed by atoms with Crippen molar-refractivity contribution in [1.82, 2.24) is 14.3 Å². The molecule has 1 heterocycles. The zero-order valence-electron chi connectivity index (χ0n) is 11.9. The monoisotopic (exact) mass is 326 g/mol. The Hall–Kier alpha value is -0.430. The molecule has 118 valence electrons. The Morgan fingerprint density at radius 2 is 2.25 bits per heavy atom. The lowest BCUT2D eigenvalue weighted by Crippen LogP contribution is -2.54. The van der Waals surface area contributed by atoms with Gasteiger partial charge >= 0.3 is 0 Å². The van der Waals surface area contributed by atoms with Crippen LogP contribution in [-0.4, -0.2) is 58.7 Å². The van der Waals surface area contributed by atoms with Crippen molar-refractivity contribution in [2.45, 2.75) is 24.8 Å². The van der Waals surface area contributed by atoms with Gasteiger partial charge in [0, 0.05) is 33.7 Å². The molecule has 20 heavy (non-hydrogen) atoms. The predicted octanol–water partition coefficient (Wildman–Crippen LogP) is -0.143. The Kier molecular flexibility index (Phi) is 8.58. The molecule has 0 spiro atoms. The van der Waals surface area contributed by atoms with Gasteiger partial charge in [0.2, 0.25) is 0 Å². The minimum atomic E-state index is -3.54. The van der Waals surface area contributed by atoms with Crippen LogP contribution in [-0.2, 0) is 14.9 Å². The fourth-order valence-electron chi connectivity index (χ4n) is 2.14. The second-order valence-electron chi connectivity index (χ2n) is 4.80. The SMILES string of the molecule is COCC1(CNS(=O)(=O)N(C)CCC#N)CCCN1.Cl. The summed E-state index contributed by atoms with van der Waals surface area (Å²) in [5, 5.41) is 11.8. The van der Waals surface area contributed by atoms with Gasteiger partial charge in [-0.15, -0.1) is 12.4 Å². The first kappa shape index (κ1) is 19.6. The molecule has 7 nitrogen and oxygen atoms in total. The van der Waals surface area contributed by atoms with E-state index < -0.39 is 10.2 Å². The average Bonchev–Trinajstić information content (AvgIpc) is 2.83. The highest BCUT2D eigenvalue weighted by Crippen LogP contribution is 2.19. The lowest BCUT2D eigenvalue weighted by molar-refractivity contribution is 0.122. The van der Waals surface area contributed by atoms with Crippen LogP contribution in [0, 0.1) is 11.3 Å². The van der Waals surface area contributed by atoms with Crippen molar-refractivity contribution in [3.63, 3.8) is 0 Å². The maximum atomic E-state index is 12.0. The number of methoxy groups -OCH3 is 1. The van der Waals surface area contributed by atoms with Gasteiger partial charge in [0.15, 0.2) is 0 Å². The molecule has 0 aliphatic carbocycles. The quantitative estimate of drug-likeness (QED) is 0.647. The lowest BCUT2D eigenvalue weighted by Gasteiger charge is -2.29. The molecule has 1 unspecified atom stereocenters. The first-order valence-corrected chi connectivity index (χ1v) is 7.72. The summed E-state index contributed by atoms with van der Waals surface area (Å²) in [4.78, 5) is 0. The molecule has 0 aromatic carbocycles. The van der Waals surface area contributed by atoms with Gasteiger partial charge in [-0.2, -0.15) is 18.0 Å². The van der Waals surface area contributed by atoms with E-state index in [1.54, 1.807) is 7.11 Å². The number of nitriles is 1. The third-order valence-corrected chi connectivity index (χ3v) is 4.81. The van der Waals surface area contributed by atoms with E-state index in [4.69, 9.17) is 10.00 Å². The molecule has 2 N–H and O–H groups in total. The van der Waals surface area contributed by atoms with Crippen molar-refractivity contribution in [2.24, 2.45) is 0 Å². The third kappa shape index (κ3) is 5.52. The molecule has 1 atom stereocenters. The predicted molar refractivity (Wildman–Crippen MR) is 78.9 cm³/mol. The standard InChI is InChI=1S/C11H22N4O3S.ClH/c1-15(8-4-6-12)19(16,17)14-9-11(10-18-2)5-3-7-13-11;/h13-14H,3-5,7-10H2,1-2H3;1H. The van der Waals surface area contributed by atoms with Crippen LogP contribution < -0.4 is 10.0 Å². The van der Waals surface area contributed by atoms with Crippen LogP contribution in [0.25, 0.3) is 0 Å². The topological polar surface area (TPSA) is 94.5 Å². The minimum absolute atomic E-state index is 0. The molecule has 0 aromatic heterocycles. The zero-order valence-corrected chi connectivity index (χ0v) is 13.5. The number of hydrogen-bond acceptors (Lipinski definition) is 5. The molecule has 1 aliphatic heterocycles. The molecule has 0 saturated carbocycles. The van der Waals surface area contributed by atoms with Crippen LogP contribution in [0.2, 0.25) is 0 Å². The number of ether oxygens (including phenoxy) is 1. The van der Waals surface area contributed by atoms with Gasteiger partial charge in [0.25, 0.3) is 10.2 Å². The Balaban J connectivity index is 0.00000361. The Labute approximate surface area is 127 Å². The van der Waals surface area contributed by atoms with Gasteiger partial charge in [-0.25, -0.2) is 4.72 Å². The van der Waals surface area contributed by atoms with E-state index in [0.29, 0.717) is 13.2 Å². The molecule has 0 bridgehead atoms. The van der Waals surface area contributed by atoms with Crippen LogP contribution in [0.1, 0.15) is 19.3 Å². The second kappa shape index (κ2) is 8.77. The highest BCUT2D eigenvalue weighted by atomic mass is 35.5. The maximum absolute atomic E-state index is 12.0. The van der Waals surface area contributed by atoms with Gasteiger partial charge in [-0.3, -0.25) is 0 Å². The van der Waals surface area contributed by atoms with Crippen LogP contribution in [0.5, 0.6) is 0 Å². The Bertz CT molecular complexity index is 418. The number of nitrogens with one attached hydrogen (secondary N) is 2. The number of nitrogens with zero attached hydrogens (tertiary/aromatic N) is 2. The van der Waals surface area contributed by atoms with E-state index in [1.807, 2.05) is 6.07 Å². The highest BCUT2D eigenvalue weighted by Gasteiger charge is 2.35. The molecular weight excluding hydrogens is 304 g/mol. The lowest BCUT2D eigenvalue weighted by atomic mass is 9.99. The largest absolute Gasteiger partial charge is 0.383 e. The fraction of sp³-hybridized carbons (Fsp3) is 0.909. The molecule has 1 rings (SSSR count). The van der Waals surface area contributed by atoms with E-state index in [1.165, 1.54) is 7.05 Å². The molecule has 0 amide bonds.